The first-order valence-electron chi connectivity index (χ1n) is 4.58. The molecule has 1 aliphatic carbocycles. The Morgan fingerprint density at radius 1 is 1.38 bits per heavy atom. The topological polar surface area (TPSA) is 0 Å². The molecule has 1 aliphatic rings. The first kappa shape index (κ1) is 9.01. The lowest BCUT2D eigenvalue weighted by Crippen LogP contribution is -1.94. The fourth-order valence-electron chi connectivity index (χ4n) is 1.65. The maximum absolute atomic E-state index is 12.6. The summed E-state index contributed by atoms with van der Waals surface area (Å²) in [6, 6.07) is 6.49. The van der Waals surface area contributed by atoms with Crippen LogP contribution in [-0.2, 0) is 0 Å². The monoisotopic (exact) mass is 198 g/mol. The first-order valence-corrected chi connectivity index (χ1v) is 5.01. The second-order valence-electron chi connectivity index (χ2n) is 3.83. The molecule has 0 heterocycles. The van der Waals surface area contributed by atoms with Gasteiger partial charge in [-0.1, -0.05) is 19.1 Å². The Balaban J connectivity index is 2.12. The summed E-state index contributed by atoms with van der Waals surface area (Å²) in [6.45, 7) is 2.20. The van der Waals surface area contributed by atoms with Gasteiger partial charge in [0.05, 0.1) is 5.38 Å². The van der Waals surface area contributed by atoms with Crippen LogP contribution in [0, 0.1) is 17.7 Å². The van der Waals surface area contributed by atoms with E-state index in [9.17, 15) is 4.39 Å². The molecule has 13 heavy (non-hydrogen) atoms. The molecule has 0 bridgehead atoms. The Kier molecular flexibility index (Phi) is 2.29. The predicted molar refractivity (Wildman–Crippen MR) is 52.3 cm³/mol. The van der Waals surface area contributed by atoms with Gasteiger partial charge in [0.15, 0.2) is 0 Å². The van der Waals surface area contributed by atoms with E-state index >= 15 is 0 Å². The summed E-state index contributed by atoms with van der Waals surface area (Å²) in [5.41, 5.74) is 1.04. The van der Waals surface area contributed by atoms with Gasteiger partial charge < -0.3 is 0 Å². The average molecular weight is 199 g/mol. The third-order valence-corrected chi connectivity index (χ3v) is 3.31. The summed E-state index contributed by atoms with van der Waals surface area (Å²) >= 11 is 6.23. The van der Waals surface area contributed by atoms with Crippen LogP contribution >= 0.6 is 11.6 Å². The molecule has 1 aromatic rings. The smallest absolute Gasteiger partial charge is 0.123 e. The van der Waals surface area contributed by atoms with Crippen molar-refractivity contribution in [1.82, 2.24) is 0 Å². The Labute approximate surface area is 82.7 Å². The molecule has 0 aromatic heterocycles. The fourth-order valence-corrected chi connectivity index (χ4v) is 2.15. The molecule has 0 spiro atoms. The van der Waals surface area contributed by atoms with Crippen molar-refractivity contribution in [3.05, 3.63) is 35.6 Å². The van der Waals surface area contributed by atoms with Crippen LogP contribution in [0.4, 0.5) is 4.39 Å². The Morgan fingerprint density at radius 3 is 2.38 bits per heavy atom. The van der Waals surface area contributed by atoms with Gasteiger partial charge >= 0.3 is 0 Å². The highest BCUT2D eigenvalue weighted by Crippen LogP contribution is 2.50. The molecule has 0 radical (unpaired) electrons. The lowest BCUT2D eigenvalue weighted by molar-refractivity contribution is 0.625. The Morgan fingerprint density at radius 2 is 1.92 bits per heavy atom. The molecule has 0 saturated heterocycles. The summed E-state index contributed by atoms with van der Waals surface area (Å²) < 4.78 is 12.6. The predicted octanol–water partition coefficient (Wildman–Crippen LogP) is 3.76. The maximum Gasteiger partial charge on any atom is 0.123 e. The van der Waals surface area contributed by atoms with Crippen molar-refractivity contribution >= 4 is 11.6 Å². The second-order valence-corrected chi connectivity index (χ2v) is 4.30. The zero-order chi connectivity index (χ0) is 9.42. The Bertz CT molecular complexity index is 293. The third-order valence-electron chi connectivity index (χ3n) is 2.74. The first-order chi connectivity index (χ1) is 6.18. The van der Waals surface area contributed by atoms with Gasteiger partial charge in [0, 0.05) is 0 Å². The van der Waals surface area contributed by atoms with Gasteiger partial charge in [-0.05, 0) is 36.0 Å². The van der Waals surface area contributed by atoms with Crippen LogP contribution in [0.2, 0.25) is 0 Å². The van der Waals surface area contributed by atoms with E-state index in [2.05, 4.69) is 6.92 Å². The van der Waals surface area contributed by atoms with Crippen molar-refractivity contribution in [3.63, 3.8) is 0 Å². The molecule has 1 saturated carbocycles. The highest BCUT2D eigenvalue weighted by Gasteiger charge is 2.39. The summed E-state index contributed by atoms with van der Waals surface area (Å²) in [6.07, 6.45) is 1.20. The highest BCUT2D eigenvalue weighted by molar-refractivity contribution is 6.21. The van der Waals surface area contributed by atoms with Gasteiger partial charge in [0.1, 0.15) is 5.82 Å². The van der Waals surface area contributed by atoms with Gasteiger partial charge in [-0.25, -0.2) is 4.39 Å². The number of hydrogen-bond acceptors (Lipinski definition) is 0. The summed E-state index contributed by atoms with van der Waals surface area (Å²) in [4.78, 5) is 0. The molecular formula is C11H12ClF. The second kappa shape index (κ2) is 3.30. The quantitative estimate of drug-likeness (QED) is 0.635. The molecule has 1 aromatic carbocycles. The molecule has 0 N–H and O–H groups in total. The van der Waals surface area contributed by atoms with Crippen molar-refractivity contribution < 1.29 is 4.39 Å². The standard InChI is InChI=1S/C11H12ClF/c1-7-6-10(7)11(12)8-2-4-9(13)5-3-8/h2-5,7,10-11H,6H2,1H3. The minimum absolute atomic E-state index is 0.0654. The number of alkyl halides is 1. The largest absolute Gasteiger partial charge is 0.207 e. The summed E-state index contributed by atoms with van der Waals surface area (Å²) in [5.74, 6) is 1.12. The molecule has 0 amide bonds. The van der Waals surface area contributed by atoms with Gasteiger partial charge in [-0.3, -0.25) is 0 Å². The number of rotatable bonds is 2. The van der Waals surface area contributed by atoms with Crippen LogP contribution in [0.1, 0.15) is 24.3 Å². The zero-order valence-corrected chi connectivity index (χ0v) is 8.26. The normalized spacial score (nSPS) is 28.5. The molecule has 3 unspecified atom stereocenters. The van der Waals surface area contributed by atoms with Crippen LogP contribution in [0.5, 0.6) is 0 Å². The van der Waals surface area contributed by atoms with Gasteiger partial charge in [-0.2, -0.15) is 0 Å². The van der Waals surface area contributed by atoms with E-state index < -0.39 is 0 Å². The average Bonchev–Trinajstić information content (AvgIpc) is 2.83. The van der Waals surface area contributed by atoms with Crippen molar-refractivity contribution in [2.75, 3.05) is 0 Å². The zero-order valence-electron chi connectivity index (χ0n) is 7.50. The molecule has 70 valence electrons. The number of halogens is 2. The summed E-state index contributed by atoms with van der Waals surface area (Å²) in [7, 11) is 0. The molecule has 3 atom stereocenters. The van der Waals surface area contributed by atoms with E-state index in [-0.39, 0.29) is 11.2 Å². The summed E-state index contributed by atoms with van der Waals surface area (Å²) in [5, 5.41) is 0.0654. The Hall–Kier alpha value is -0.560. The molecule has 0 nitrogen and oxygen atoms in total. The molecule has 1 fully saturated rings. The molecular weight excluding hydrogens is 187 g/mol. The van der Waals surface area contributed by atoms with Gasteiger partial charge in [-0.15, -0.1) is 11.6 Å². The highest BCUT2D eigenvalue weighted by atomic mass is 35.5. The van der Waals surface area contributed by atoms with Crippen LogP contribution in [0.25, 0.3) is 0 Å². The molecule has 2 heteroatoms. The van der Waals surface area contributed by atoms with E-state index in [1.807, 2.05) is 0 Å². The van der Waals surface area contributed by atoms with Crippen molar-refractivity contribution in [1.29, 1.82) is 0 Å². The number of benzene rings is 1. The van der Waals surface area contributed by atoms with Crippen molar-refractivity contribution in [3.8, 4) is 0 Å². The van der Waals surface area contributed by atoms with E-state index in [0.29, 0.717) is 5.92 Å². The van der Waals surface area contributed by atoms with Crippen molar-refractivity contribution in [2.45, 2.75) is 18.7 Å². The third kappa shape index (κ3) is 1.86. The molecule has 2 rings (SSSR count). The van der Waals surface area contributed by atoms with E-state index in [4.69, 9.17) is 11.6 Å². The lowest BCUT2D eigenvalue weighted by Gasteiger charge is -2.07. The van der Waals surface area contributed by atoms with Crippen molar-refractivity contribution in [2.24, 2.45) is 11.8 Å². The number of hydrogen-bond donors (Lipinski definition) is 0. The van der Waals surface area contributed by atoms with Gasteiger partial charge in [0.2, 0.25) is 0 Å². The van der Waals surface area contributed by atoms with Crippen LogP contribution in [0.3, 0.4) is 0 Å². The fraction of sp³-hybridized carbons (Fsp3) is 0.455. The van der Waals surface area contributed by atoms with Gasteiger partial charge in [0.25, 0.3) is 0 Å². The van der Waals surface area contributed by atoms with Crippen LogP contribution < -0.4 is 0 Å². The molecule has 0 aliphatic heterocycles. The van der Waals surface area contributed by atoms with E-state index in [1.54, 1.807) is 12.1 Å². The lowest BCUT2D eigenvalue weighted by atomic mass is 10.1. The van der Waals surface area contributed by atoms with Crippen LogP contribution in [-0.4, -0.2) is 0 Å². The van der Waals surface area contributed by atoms with E-state index in [1.165, 1.54) is 18.6 Å². The maximum atomic E-state index is 12.6. The SMILES string of the molecule is CC1CC1C(Cl)c1ccc(F)cc1. The van der Waals surface area contributed by atoms with E-state index in [0.717, 1.165) is 11.5 Å². The van der Waals surface area contributed by atoms with Crippen LogP contribution in [0.15, 0.2) is 24.3 Å². The minimum Gasteiger partial charge on any atom is -0.207 e. The minimum atomic E-state index is -0.198.